The van der Waals surface area contributed by atoms with Crippen molar-refractivity contribution in [2.24, 2.45) is 0 Å². The van der Waals surface area contributed by atoms with Gasteiger partial charge in [0.2, 0.25) is 0 Å². The molecule has 0 fully saturated rings. The Bertz CT molecular complexity index is 2690. The molecule has 0 saturated carbocycles. The zero-order valence-electron chi connectivity index (χ0n) is 30.6. The number of hydrogen-bond acceptors (Lipinski definition) is 4. The van der Waals surface area contributed by atoms with Crippen molar-refractivity contribution in [2.75, 3.05) is 4.90 Å². The van der Waals surface area contributed by atoms with Gasteiger partial charge in [-0.15, -0.1) is 0 Å². The Morgan fingerprint density at radius 1 is 0.345 bits per heavy atom. The van der Waals surface area contributed by atoms with Crippen LogP contribution in [-0.2, 0) is 0 Å². The van der Waals surface area contributed by atoms with E-state index < -0.39 is 8.07 Å². The predicted octanol–water partition coefficient (Wildman–Crippen LogP) is 14.1. The van der Waals surface area contributed by atoms with E-state index in [1.807, 2.05) is 35.3 Å². The summed E-state index contributed by atoms with van der Waals surface area (Å²) in [6, 6.07) is 69.3. The van der Waals surface area contributed by atoms with Gasteiger partial charge in [-0.25, -0.2) is 0 Å². The molecular weight excluding hydrogens is 739 g/mol. The number of hydrogen-bond donors (Lipinski definition) is 0. The van der Waals surface area contributed by atoms with Crippen LogP contribution >= 0.6 is 35.3 Å². The van der Waals surface area contributed by atoms with E-state index in [-0.39, 0.29) is 0 Å². The molecule has 2 aliphatic heterocycles. The van der Waals surface area contributed by atoms with Gasteiger partial charge < -0.3 is 4.90 Å². The largest absolute Gasteiger partial charge is 0.309 e. The lowest BCUT2D eigenvalue weighted by atomic mass is 10.00. The van der Waals surface area contributed by atoms with Gasteiger partial charge in [0, 0.05) is 40.7 Å². The summed E-state index contributed by atoms with van der Waals surface area (Å²) >= 11 is 5.69. The van der Waals surface area contributed by atoms with Crippen molar-refractivity contribution in [2.45, 2.75) is 42.5 Å². The van der Waals surface area contributed by atoms with E-state index in [0.29, 0.717) is 0 Å². The Labute approximate surface area is 337 Å². The fraction of sp³-hybridized carbons (Fsp3) is 0.0400. The second-order valence-electron chi connectivity index (χ2n) is 14.5. The van der Waals surface area contributed by atoms with Crippen molar-refractivity contribution >= 4 is 70.8 Å². The van der Waals surface area contributed by atoms with Gasteiger partial charge in [0.15, 0.2) is 0 Å². The molecule has 264 valence electrons. The third kappa shape index (κ3) is 6.26. The fourth-order valence-electron chi connectivity index (χ4n) is 7.91. The van der Waals surface area contributed by atoms with Gasteiger partial charge in [0.05, 0.1) is 5.69 Å². The van der Waals surface area contributed by atoms with Crippen LogP contribution in [0.5, 0.6) is 0 Å². The fourth-order valence-corrected chi connectivity index (χ4v) is 15.8. The highest BCUT2D eigenvalue weighted by molar-refractivity contribution is 8.05. The Balaban J connectivity index is 1.05. The quantitative estimate of drug-likeness (QED) is 0.155. The van der Waals surface area contributed by atoms with Crippen LogP contribution in [0, 0.1) is 0 Å². The van der Waals surface area contributed by atoms with Crippen molar-refractivity contribution < 1.29 is 0 Å². The lowest BCUT2D eigenvalue weighted by Crippen LogP contribution is -2.56. The highest BCUT2D eigenvalue weighted by Gasteiger charge is 2.37. The molecule has 2 aliphatic rings. The van der Waals surface area contributed by atoms with Gasteiger partial charge in [-0.2, -0.15) is 0 Å². The molecular formula is C50H37NS3Si. The minimum absolute atomic E-state index is 1.14. The third-order valence-corrected chi connectivity index (χ3v) is 18.6. The molecule has 8 aromatic carbocycles. The predicted molar refractivity (Wildman–Crippen MR) is 239 cm³/mol. The van der Waals surface area contributed by atoms with Crippen LogP contribution < -0.4 is 15.3 Å². The number of benzene rings is 8. The first-order chi connectivity index (χ1) is 27.0. The molecule has 0 N–H and O–H groups in total. The van der Waals surface area contributed by atoms with Crippen LogP contribution in [0.4, 0.5) is 17.1 Å². The van der Waals surface area contributed by atoms with E-state index in [9.17, 15) is 0 Å². The average molecular weight is 776 g/mol. The summed E-state index contributed by atoms with van der Waals surface area (Å²) in [5.41, 5.74) is 10.9. The van der Waals surface area contributed by atoms with Crippen molar-refractivity contribution in [1.82, 2.24) is 0 Å². The summed E-state index contributed by atoms with van der Waals surface area (Å²) in [7, 11) is -1.94. The first-order valence-corrected chi connectivity index (χ1v) is 24.1. The first-order valence-electron chi connectivity index (χ1n) is 18.7. The molecule has 1 nitrogen and oxygen atoms in total. The number of nitrogens with zero attached hydrogens (tertiary/aromatic N) is 1. The third-order valence-electron chi connectivity index (χ3n) is 10.8. The Morgan fingerprint density at radius 2 is 0.818 bits per heavy atom. The zero-order valence-corrected chi connectivity index (χ0v) is 34.0. The monoisotopic (exact) mass is 775 g/mol. The smallest absolute Gasteiger partial charge is 0.115 e. The van der Waals surface area contributed by atoms with Crippen LogP contribution in [-0.4, -0.2) is 8.07 Å². The molecule has 0 aromatic heterocycles. The second kappa shape index (κ2) is 14.2. The average Bonchev–Trinajstić information content (AvgIpc) is 3.24. The summed E-state index contributed by atoms with van der Waals surface area (Å²) in [5, 5.41) is 3.02. The van der Waals surface area contributed by atoms with E-state index >= 15 is 0 Å². The summed E-state index contributed by atoms with van der Waals surface area (Å²) < 4.78 is 0. The van der Waals surface area contributed by atoms with Crippen LogP contribution in [0.15, 0.2) is 217 Å². The van der Waals surface area contributed by atoms with Gasteiger partial charge in [-0.3, -0.25) is 0 Å². The normalized spacial score (nSPS) is 13.6. The summed E-state index contributed by atoms with van der Waals surface area (Å²) in [6.07, 6.45) is 0. The van der Waals surface area contributed by atoms with Crippen LogP contribution in [0.3, 0.4) is 0 Å². The summed E-state index contributed by atoms with van der Waals surface area (Å²) in [5.74, 6) is 0. The van der Waals surface area contributed by atoms with Crippen molar-refractivity contribution in [3.8, 4) is 33.4 Å². The van der Waals surface area contributed by atoms with Gasteiger partial charge in [0.25, 0.3) is 0 Å². The van der Waals surface area contributed by atoms with E-state index in [0.717, 1.165) is 11.4 Å². The Kier molecular flexibility index (Phi) is 8.83. The van der Waals surface area contributed by atoms with E-state index in [4.69, 9.17) is 0 Å². The molecule has 0 amide bonds. The van der Waals surface area contributed by atoms with Gasteiger partial charge in [0.1, 0.15) is 8.07 Å². The SMILES string of the molecule is C[Si]1(C)c2ccccc2Sc2c(N(c3ccc(-c4ccc(-c5ccccc5)cc4)cc3)c3ccc(-c4cccc5c4Sc4ccccc4S5)cc3)cccc21. The summed E-state index contributed by atoms with van der Waals surface area (Å²) in [6.45, 7) is 5.00. The van der Waals surface area contributed by atoms with E-state index in [1.54, 1.807) is 0 Å². The minimum atomic E-state index is -1.94. The lowest BCUT2D eigenvalue weighted by Gasteiger charge is -2.36. The maximum atomic E-state index is 2.50. The Morgan fingerprint density at radius 3 is 1.49 bits per heavy atom. The Hall–Kier alpha value is -5.17. The molecule has 2 heterocycles. The molecule has 8 aromatic rings. The van der Waals surface area contributed by atoms with Gasteiger partial charge in [-0.05, 0) is 98.4 Å². The molecule has 0 radical (unpaired) electrons. The number of fused-ring (bicyclic) bond motifs is 4. The molecule has 55 heavy (non-hydrogen) atoms. The molecule has 0 bridgehead atoms. The maximum absolute atomic E-state index is 2.50. The molecule has 0 atom stereocenters. The van der Waals surface area contributed by atoms with E-state index in [2.05, 4.69) is 206 Å². The number of anilines is 3. The van der Waals surface area contributed by atoms with Crippen LogP contribution in [0.1, 0.15) is 0 Å². The van der Waals surface area contributed by atoms with Crippen molar-refractivity contribution in [3.05, 3.63) is 188 Å². The molecule has 0 saturated heterocycles. The van der Waals surface area contributed by atoms with Crippen molar-refractivity contribution in [1.29, 1.82) is 0 Å². The van der Waals surface area contributed by atoms with Crippen LogP contribution in [0.2, 0.25) is 13.1 Å². The van der Waals surface area contributed by atoms with Crippen LogP contribution in [0.25, 0.3) is 33.4 Å². The molecule has 0 spiro atoms. The molecule has 5 heteroatoms. The zero-order chi connectivity index (χ0) is 36.9. The topological polar surface area (TPSA) is 3.24 Å². The molecule has 0 aliphatic carbocycles. The minimum Gasteiger partial charge on any atom is -0.309 e. The second-order valence-corrected chi connectivity index (χ2v) is 22.0. The van der Waals surface area contributed by atoms with Gasteiger partial charge in [-0.1, -0.05) is 182 Å². The van der Waals surface area contributed by atoms with E-state index in [1.165, 1.54) is 78.8 Å². The molecule has 0 unspecified atom stereocenters. The highest BCUT2D eigenvalue weighted by atomic mass is 32.2. The highest BCUT2D eigenvalue weighted by Crippen LogP contribution is 2.52. The number of rotatable bonds is 6. The standard InChI is InChI=1S/C50H37NS3Si/c1-55(2)47-20-9-8-18-45(47)54-50-42(15-11-21-48(50)55)51(39-30-26-37(27-31-39)36-24-22-35(23-25-36)34-12-4-3-5-13-34)40-32-28-38(29-33-40)41-14-10-19-46-49(41)53-44-17-7-6-16-43(44)52-46/h3-33H,1-2H3. The molecule has 10 rings (SSSR count). The summed E-state index contributed by atoms with van der Waals surface area (Å²) in [4.78, 5) is 10.5. The maximum Gasteiger partial charge on any atom is 0.115 e. The van der Waals surface area contributed by atoms with Crippen molar-refractivity contribution in [3.63, 3.8) is 0 Å². The first kappa shape index (κ1) is 34.3. The van der Waals surface area contributed by atoms with Gasteiger partial charge >= 0.3 is 0 Å². The lowest BCUT2D eigenvalue weighted by molar-refractivity contribution is 1.16.